The molecule has 0 saturated heterocycles. The van der Waals surface area contributed by atoms with E-state index in [2.05, 4.69) is 10.6 Å². The van der Waals surface area contributed by atoms with Crippen LogP contribution in [0, 0.1) is 6.92 Å². The Morgan fingerprint density at radius 1 is 0.846 bits per heavy atom. The van der Waals surface area contributed by atoms with Gasteiger partial charge in [0.05, 0.1) is 0 Å². The quantitative estimate of drug-likeness (QED) is 0.757. The van der Waals surface area contributed by atoms with E-state index in [1.54, 1.807) is 12.1 Å². The van der Waals surface area contributed by atoms with Gasteiger partial charge in [0.15, 0.2) is 0 Å². The fraction of sp³-hybridized carbons (Fsp3) is 0.600. The van der Waals surface area contributed by atoms with Crippen LogP contribution in [0.3, 0.4) is 0 Å². The third kappa shape index (κ3) is 5.38. The van der Waals surface area contributed by atoms with E-state index in [-0.39, 0.29) is 12.2 Å². The number of amides is 2. The highest BCUT2D eigenvalue weighted by molar-refractivity contribution is 5.88. The molecule has 2 saturated carbocycles. The van der Waals surface area contributed by atoms with E-state index in [4.69, 9.17) is 9.47 Å². The zero-order chi connectivity index (χ0) is 18.4. The van der Waals surface area contributed by atoms with Gasteiger partial charge in [-0.25, -0.2) is 9.59 Å². The largest absolute Gasteiger partial charge is 0.446 e. The molecule has 142 valence electrons. The molecule has 2 aliphatic carbocycles. The van der Waals surface area contributed by atoms with Crippen molar-refractivity contribution in [2.45, 2.75) is 76.9 Å². The molecule has 2 fully saturated rings. The normalized spacial score (nSPS) is 18.3. The molecule has 0 spiro atoms. The van der Waals surface area contributed by atoms with Crippen LogP contribution in [0.15, 0.2) is 18.2 Å². The number of hydrogen-bond acceptors (Lipinski definition) is 4. The van der Waals surface area contributed by atoms with Gasteiger partial charge in [0.2, 0.25) is 0 Å². The molecule has 1 aromatic rings. The van der Waals surface area contributed by atoms with Gasteiger partial charge < -0.3 is 9.47 Å². The number of ether oxygens (including phenoxy) is 2. The standard InChI is InChI=1S/C20H28N2O4/c1-14-13-15(21-19(23)25-17-9-5-6-10-17)11-12-18(14)22-20(24)26-16-7-3-2-4-8-16/h11-13,16-17H,2-10H2,1H3,(H,21,23)(H,22,24). The maximum absolute atomic E-state index is 12.1. The molecule has 26 heavy (non-hydrogen) atoms. The second-order valence-electron chi connectivity index (χ2n) is 7.26. The monoisotopic (exact) mass is 360 g/mol. The summed E-state index contributed by atoms with van der Waals surface area (Å²) in [5.74, 6) is 0. The van der Waals surface area contributed by atoms with E-state index in [1.807, 2.05) is 13.0 Å². The lowest BCUT2D eigenvalue weighted by Crippen LogP contribution is -2.24. The molecule has 0 unspecified atom stereocenters. The molecule has 0 atom stereocenters. The molecular weight excluding hydrogens is 332 g/mol. The number of hydrogen-bond donors (Lipinski definition) is 2. The molecule has 0 aliphatic heterocycles. The van der Waals surface area contributed by atoms with Gasteiger partial charge in [-0.1, -0.05) is 6.42 Å². The first kappa shape index (κ1) is 18.5. The Hall–Kier alpha value is -2.24. The van der Waals surface area contributed by atoms with Gasteiger partial charge in [0, 0.05) is 11.4 Å². The lowest BCUT2D eigenvalue weighted by molar-refractivity contribution is 0.0865. The molecule has 2 aliphatic rings. The van der Waals surface area contributed by atoms with Crippen LogP contribution >= 0.6 is 0 Å². The molecule has 6 nitrogen and oxygen atoms in total. The van der Waals surface area contributed by atoms with Crippen LogP contribution in [-0.4, -0.2) is 24.4 Å². The minimum Gasteiger partial charge on any atom is -0.446 e. The highest BCUT2D eigenvalue weighted by Gasteiger charge is 2.20. The van der Waals surface area contributed by atoms with E-state index >= 15 is 0 Å². The Kier molecular flexibility index (Phi) is 6.36. The van der Waals surface area contributed by atoms with Crippen molar-refractivity contribution in [3.05, 3.63) is 23.8 Å². The summed E-state index contributed by atoms with van der Waals surface area (Å²) in [6.07, 6.45) is 8.69. The van der Waals surface area contributed by atoms with Gasteiger partial charge in [0.25, 0.3) is 0 Å². The average Bonchev–Trinajstić information content (AvgIpc) is 3.11. The molecule has 2 N–H and O–H groups in total. The lowest BCUT2D eigenvalue weighted by atomic mass is 9.98. The molecular formula is C20H28N2O4. The maximum Gasteiger partial charge on any atom is 0.411 e. The van der Waals surface area contributed by atoms with Gasteiger partial charge in [-0.3, -0.25) is 10.6 Å². The van der Waals surface area contributed by atoms with Gasteiger partial charge in [0.1, 0.15) is 12.2 Å². The predicted molar refractivity (Wildman–Crippen MR) is 101 cm³/mol. The third-order valence-electron chi connectivity index (χ3n) is 5.11. The minimum absolute atomic E-state index is 0.0235. The summed E-state index contributed by atoms with van der Waals surface area (Å²) in [6, 6.07) is 5.33. The summed E-state index contributed by atoms with van der Waals surface area (Å²) in [5.41, 5.74) is 2.18. The number of anilines is 2. The molecule has 0 heterocycles. The molecule has 3 rings (SSSR count). The van der Waals surface area contributed by atoms with Crippen LogP contribution in [0.2, 0.25) is 0 Å². The highest BCUT2D eigenvalue weighted by atomic mass is 16.6. The molecule has 0 aromatic heterocycles. The Balaban J connectivity index is 1.49. The number of rotatable bonds is 4. The molecule has 2 amide bonds. The maximum atomic E-state index is 12.1. The Morgan fingerprint density at radius 3 is 1.96 bits per heavy atom. The van der Waals surface area contributed by atoms with Gasteiger partial charge in [-0.2, -0.15) is 0 Å². The first-order chi connectivity index (χ1) is 12.6. The summed E-state index contributed by atoms with van der Waals surface area (Å²) >= 11 is 0. The van der Waals surface area contributed by atoms with Crippen LogP contribution in [0.25, 0.3) is 0 Å². The minimum atomic E-state index is -0.422. The van der Waals surface area contributed by atoms with E-state index < -0.39 is 12.2 Å². The summed E-state index contributed by atoms with van der Waals surface area (Å²) in [4.78, 5) is 24.0. The second-order valence-corrected chi connectivity index (χ2v) is 7.26. The first-order valence-electron chi connectivity index (χ1n) is 9.66. The fourth-order valence-corrected chi connectivity index (χ4v) is 3.66. The predicted octanol–water partition coefficient (Wildman–Crippen LogP) is 5.37. The Morgan fingerprint density at radius 2 is 1.38 bits per heavy atom. The van der Waals surface area contributed by atoms with Crippen LogP contribution in [-0.2, 0) is 9.47 Å². The van der Waals surface area contributed by atoms with Gasteiger partial charge in [-0.05, 0) is 82.1 Å². The summed E-state index contributed by atoms with van der Waals surface area (Å²) in [7, 11) is 0. The zero-order valence-corrected chi connectivity index (χ0v) is 15.4. The molecule has 6 heteroatoms. The Labute approximate surface area is 154 Å². The summed E-state index contributed by atoms with van der Waals surface area (Å²) < 4.78 is 10.9. The van der Waals surface area contributed by atoms with E-state index in [9.17, 15) is 9.59 Å². The Bertz CT molecular complexity index is 635. The van der Waals surface area contributed by atoms with Crippen molar-refractivity contribution in [3.63, 3.8) is 0 Å². The van der Waals surface area contributed by atoms with E-state index in [1.165, 1.54) is 6.42 Å². The van der Waals surface area contributed by atoms with E-state index in [0.717, 1.165) is 56.9 Å². The van der Waals surface area contributed by atoms with Crippen molar-refractivity contribution in [1.29, 1.82) is 0 Å². The lowest BCUT2D eigenvalue weighted by Gasteiger charge is -2.22. The molecule has 0 radical (unpaired) electrons. The van der Waals surface area contributed by atoms with Crippen molar-refractivity contribution in [2.24, 2.45) is 0 Å². The summed E-state index contributed by atoms with van der Waals surface area (Å²) in [6.45, 7) is 1.88. The number of nitrogens with one attached hydrogen (secondary N) is 2. The van der Waals surface area contributed by atoms with E-state index in [0.29, 0.717) is 11.4 Å². The van der Waals surface area contributed by atoms with Crippen LogP contribution in [0.5, 0.6) is 0 Å². The van der Waals surface area contributed by atoms with Crippen molar-refractivity contribution in [3.8, 4) is 0 Å². The number of aryl methyl sites for hydroxylation is 1. The first-order valence-corrected chi connectivity index (χ1v) is 9.66. The van der Waals surface area contributed by atoms with Gasteiger partial charge in [-0.15, -0.1) is 0 Å². The fourth-order valence-electron chi connectivity index (χ4n) is 3.66. The summed E-state index contributed by atoms with van der Waals surface area (Å²) in [5, 5.41) is 5.54. The second kappa shape index (κ2) is 8.92. The van der Waals surface area contributed by atoms with Crippen molar-refractivity contribution >= 4 is 23.6 Å². The SMILES string of the molecule is Cc1cc(NC(=O)OC2CCCC2)ccc1NC(=O)OC1CCCCC1. The average molecular weight is 360 g/mol. The molecule has 1 aromatic carbocycles. The van der Waals surface area contributed by atoms with Crippen molar-refractivity contribution < 1.29 is 19.1 Å². The highest BCUT2D eigenvalue weighted by Crippen LogP contribution is 2.24. The molecule has 0 bridgehead atoms. The number of benzene rings is 1. The van der Waals surface area contributed by atoms with Crippen LogP contribution in [0.4, 0.5) is 21.0 Å². The third-order valence-corrected chi connectivity index (χ3v) is 5.11. The number of carbonyl (C=O) groups excluding carboxylic acids is 2. The zero-order valence-electron chi connectivity index (χ0n) is 15.4. The van der Waals surface area contributed by atoms with Crippen LogP contribution in [0.1, 0.15) is 63.4 Å². The smallest absolute Gasteiger partial charge is 0.411 e. The van der Waals surface area contributed by atoms with Crippen molar-refractivity contribution in [1.82, 2.24) is 0 Å². The topological polar surface area (TPSA) is 76.7 Å². The van der Waals surface area contributed by atoms with Gasteiger partial charge >= 0.3 is 12.2 Å². The number of carbonyl (C=O) groups is 2. The van der Waals surface area contributed by atoms with Crippen molar-refractivity contribution in [2.75, 3.05) is 10.6 Å². The van der Waals surface area contributed by atoms with Crippen LogP contribution < -0.4 is 10.6 Å².